The molecule has 1 atom stereocenters. The zero-order valence-corrected chi connectivity index (χ0v) is 12.1. The topological polar surface area (TPSA) is 47.0 Å². The number of fused-ring (bicyclic) bond motifs is 1. The summed E-state index contributed by atoms with van der Waals surface area (Å²) in [6.07, 6.45) is 3.60. The first kappa shape index (κ1) is 12.9. The summed E-state index contributed by atoms with van der Waals surface area (Å²) in [5.74, 6) is 0.856. The molecular formula is C15H15N3OS. The molecular weight excluding hydrogens is 270 g/mol. The van der Waals surface area contributed by atoms with Crippen LogP contribution in [0, 0.1) is 0 Å². The summed E-state index contributed by atoms with van der Waals surface area (Å²) in [5, 5.41) is 4.34. The van der Waals surface area contributed by atoms with Crippen LogP contribution >= 0.6 is 11.3 Å². The molecule has 3 aromatic rings. The first-order valence-corrected chi connectivity index (χ1v) is 7.19. The van der Waals surface area contributed by atoms with E-state index in [9.17, 15) is 0 Å². The predicted molar refractivity (Wildman–Crippen MR) is 82.4 cm³/mol. The lowest BCUT2D eigenvalue weighted by atomic mass is 10.1. The van der Waals surface area contributed by atoms with E-state index in [2.05, 4.69) is 22.2 Å². The van der Waals surface area contributed by atoms with Gasteiger partial charge >= 0.3 is 0 Å². The van der Waals surface area contributed by atoms with Crippen LogP contribution in [0.2, 0.25) is 0 Å². The standard InChI is InChI=1S/C15H15N3OS/c1-10(11-5-7-16-8-6-11)17-15-18-13-4-3-12(19-2)9-14(13)20-15/h3-10H,1-2H3,(H,17,18). The number of aromatic nitrogens is 2. The van der Waals surface area contributed by atoms with Crippen LogP contribution in [0.25, 0.3) is 10.2 Å². The molecule has 4 nitrogen and oxygen atoms in total. The Morgan fingerprint density at radius 3 is 2.75 bits per heavy atom. The van der Waals surface area contributed by atoms with Crippen molar-refractivity contribution in [2.24, 2.45) is 0 Å². The molecule has 0 saturated heterocycles. The summed E-state index contributed by atoms with van der Waals surface area (Å²) in [7, 11) is 1.67. The number of methoxy groups -OCH3 is 1. The van der Waals surface area contributed by atoms with Crippen LogP contribution in [0.4, 0.5) is 5.13 Å². The van der Waals surface area contributed by atoms with Crippen LogP contribution < -0.4 is 10.1 Å². The van der Waals surface area contributed by atoms with Gasteiger partial charge in [-0.15, -0.1) is 0 Å². The maximum absolute atomic E-state index is 5.23. The number of nitrogens with zero attached hydrogens (tertiary/aromatic N) is 2. The molecule has 1 unspecified atom stereocenters. The third kappa shape index (κ3) is 2.58. The zero-order chi connectivity index (χ0) is 13.9. The summed E-state index contributed by atoms with van der Waals surface area (Å²) >= 11 is 1.63. The lowest BCUT2D eigenvalue weighted by molar-refractivity contribution is 0.415. The second kappa shape index (κ2) is 5.46. The van der Waals surface area contributed by atoms with E-state index in [1.807, 2.05) is 30.3 Å². The molecule has 2 aromatic heterocycles. The quantitative estimate of drug-likeness (QED) is 0.790. The van der Waals surface area contributed by atoms with Gasteiger partial charge in [0.25, 0.3) is 0 Å². The highest BCUT2D eigenvalue weighted by molar-refractivity contribution is 7.22. The Labute approximate surface area is 121 Å². The van der Waals surface area contributed by atoms with Crippen LogP contribution in [0.3, 0.4) is 0 Å². The highest BCUT2D eigenvalue weighted by Crippen LogP contribution is 2.31. The van der Waals surface area contributed by atoms with Crippen LogP contribution in [0.15, 0.2) is 42.7 Å². The number of nitrogens with one attached hydrogen (secondary N) is 1. The SMILES string of the molecule is COc1ccc2nc(NC(C)c3ccncc3)sc2c1. The molecule has 102 valence electrons. The molecule has 0 amide bonds. The average Bonchev–Trinajstić information content (AvgIpc) is 2.89. The van der Waals surface area contributed by atoms with Gasteiger partial charge in [-0.2, -0.15) is 0 Å². The van der Waals surface area contributed by atoms with E-state index in [1.54, 1.807) is 30.8 Å². The molecule has 2 heterocycles. The smallest absolute Gasteiger partial charge is 0.184 e. The number of rotatable bonds is 4. The molecule has 1 N–H and O–H groups in total. The molecule has 0 aliphatic carbocycles. The van der Waals surface area contributed by atoms with Crippen molar-refractivity contribution in [2.75, 3.05) is 12.4 Å². The van der Waals surface area contributed by atoms with E-state index >= 15 is 0 Å². The largest absolute Gasteiger partial charge is 0.497 e. The summed E-state index contributed by atoms with van der Waals surface area (Å²) in [6.45, 7) is 2.11. The Morgan fingerprint density at radius 1 is 1.20 bits per heavy atom. The van der Waals surface area contributed by atoms with Crippen molar-refractivity contribution in [2.45, 2.75) is 13.0 Å². The lowest BCUT2D eigenvalue weighted by Crippen LogP contribution is -2.05. The molecule has 3 rings (SSSR count). The van der Waals surface area contributed by atoms with Crippen molar-refractivity contribution in [3.8, 4) is 5.75 Å². The van der Waals surface area contributed by atoms with Crippen molar-refractivity contribution < 1.29 is 4.74 Å². The molecule has 5 heteroatoms. The van der Waals surface area contributed by atoms with Gasteiger partial charge in [-0.05, 0) is 42.8 Å². The van der Waals surface area contributed by atoms with E-state index in [4.69, 9.17) is 4.74 Å². The number of pyridine rings is 1. The summed E-state index contributed by atoms with van der Waals surface area (Å²) < 4.78 is 6.35. The fourth-order valence-electron chi connectivity index (χ4n) is 2.01. The first-order chi connectivity index (χ1) is 9.76. The Kier molecular flexibility index (Phi) is 3.52. The van der Waals surface area contributed by atoms with Gasteiger partial charge in [-0.3, -0.25) is 4.98 Å². The minimum Gasteiger partial charge on any atom is -0.497 e. The Balaban J connectivity index is 1.84. The van der Waals surface area contributed by atoms with Crippen LogP contribution in [-0.2, 0) is 0 Å². The van der Waals surface area contributed by atoms with Crippen molar-refractivity contribution in [1.29, 1.82) is 0 Å². The van der Waals surface area contributed by atoms with E-state index in [-0.39, 0.29) is 6.04 Å². The Bertz CT molecular complexity index is 711. The number of benzene rings is 1. The van der Waals surface area contributed by atoms with Gasteiger partial charge in [0.15, 0.2) is 5.13 Å². The van der Waals surface area contributed by atoms with E-state index < -0.39 is 0 Å². The van der Waals surface area contributed by atoms with E-state index in [1.165, 1.54) is 5.56 Å². The minimum atomic E-state index is 0.195. The fraction of sp³-hybridized carbons (Fsp3) is 0.200. The monoisotopic (exact) mass is 285 g/mol. The second-order valence-electron chi connectivity index (χ2n) is 4.50. The van der Waals surface area contributed by atoms with E-state index in [0.717, 1.165) is 21.1 Å². The highest BCUT2D eigenvalue weighted by Gasteiger charge is 2.09. The summed E-state index contributed by atoms with van der Waals surface area (Å²) in [4.78, 5) is 8.62. The van der Waals surface area contributed by atoms with Crippen molar-refractivity contribution >= 4 is 26.7 Å². The average molecular weight is 285 g/mol. The molecule has 0 spiro atoms. The molecule has 0 bridgehead atoms. The van der Waals surface area contributed by atoms with Gasteiger partial charge in [0.05, 0.1) is 23.4 Å². The van der Waals surface area contributed by atoms with Gasteiger partial charge in [-0.25, -0.2) is 4.98 Å². The van der Waals surface area contributed by atoms with Crippen LogP contribution in [0.1, 0.15) is 18.5 Å². The number of ether oxygens (including phenoxy) is 1. The second-order valence-corrected chi connectivity index (χ2v) is 5.53. The third-order valence-electron chi connectivity index (χ3n) is 3.14. The molecule has 0 aliphatic rings. The van der Waals surface area contributed by atoms with Crippen molar-refractivity contribution in [1.82, 2.24) is 9.97 Å². The van der Waals surface area contributed by atoms with Crippen molar-refractivity contribution in [3.63, 3.8) is 0 Å². The number of thiazole rings is 1. The molecule has 0 saturated carbocycles. The van der Waals surface area contributed by atoms with E-state index in [0.29, 0.717) is 0 Å². The van der Waals surface area contributed by atoms with Gasteiger partial charge in [0, 0.05) is 12.4 Å². The number of hydrogen-bond donors (Lipinski definition) is 1. The summed E-state index contributed by atoms with van der Waals surface area (Å²) in [6, 6.07) is 10.1. The molecule has 20 heavy (non-hydrogen) atoms. The van der Waals surface area contributed by atoms with Crippen LogP contribution in [0.5, 0.6) is 5.75 Å². The van der Waals surface area contributed by atoms with Crippen molar-refractivity contribution in [3.05, 3.63) is 48.3 Å². The van der Waals surface area contributed by atoms with Gasteiger partial charge in [0.1, 0.15) is 5.75 Å². The van der Waals surface area contributed by atoms with Gasteiger partial charge in [0.2, 0.25) is 0 Å². The molecule has 0 fully saturated rings. The molecule has 0 radical (unpaired) electrons. The number of hydrogen-bond acceptors (Lipinski definition) is 5. The molecule has 0 aliphatic heterocycles. The maximum Gasteiger partial charge on any atom is 0.184 e. The lowest BCUT2D eigenvalue weighted by Gasteiger charge is -2.12. The fourth-order valence-corrected chi connectivity index (χ4v) is 3.00. The van der Waals surface area contributed by atoms with Gasteiger partial charge in [-0.1, -0.05) is 11.3 Å². The Morgan fingerprint density at radius 2 is 2.00 bits per heavy atom. The maximum atomic E-state index is 5.23. The first-order valence-electron chi connectivity index (χ1n) is 6.37. The highest BCUT2D eigenvalue weighted by atomic mass is 32.1. The minimum absolute atomic E-state index is 0.195. The molecule has 1 aromatic carbocycles. The Hall–Kier alpha value is -2.14. The van der Waals surface area contributed by atoms with Crippen LogP contribution in [-0.4, -0.2) is 17.1 Å². The summed E-state index contributed by atoms with van der Waals surface area (Å²) in [5.41, 5.74) is 2.18. The third-order valence-corrected chi connectivity index (χ3v) is 4.09. The normalized spacial score (nSPS) is 12.3. The zero-order valence-electron chi connectivity index (χ0n) is 11.3. The number of anilines is 1. The van der Waals surface area contributed by atoms with Gasteiger partial charge < -0.3 is 10.1 Å². The predicted octanol–water partition coefficient (Wildman–Crippen LogP) is 3.87.